The fourth-order valence-corrected chi connectivity index (χ4v) is 2.71. The maximum atomic E-state index is 12.1. The van der Waals surface area contributed by atoms with Crippen LogP contribution in [0.3, 0.4) is 0 Å². The Labute approximate surface area is 117 Å². The summed E-state index contributed by atoms with van der Waals surface area (Å²) < 4.78 is 26.6. The molecule has 8 nitrogen and oxygen atoms in total. The smallest absolute Gasteiger partial charge is 0.289 e. The van der Waals surface area contributed by atoms with Gasteiger partial charge in [-0.3, -0.25) is 10.1 Å². The van der Waals surface area contributed by atoms with Crippen LogP contribution >= 0.6 is 0 Å². The van der Waals surface area contributed by atoms with Crippen LogP contribution in [0.2, 0.25) is 0 Å². The third-order valence-electron chi connectivity index (χ3n) is 2.92. The van der Waals surface area contributed by atoms with E-state index in [-0.39, 0.29) is 18.3 Å². The number of likely N-dealkylation sites (N-methyl/N-ethyl adjacent to an activating group) is 1. The molecule has 9 heteroatoms. The summed E-state index contributed by atoms with van der Waals surface area (Å²) in [6.07, 6.45) is 0. The second-order valence-electron chi connectivity index (χ2n) is 4.65. The first-order chi connectivity index (χ1) is 9.15. The Morgan fingerprint density at radius 3 is 2.55 bits per heavy atom. The SMILES string of the molecule is CC(CNS(=O)(=O)c1cc(N)ccc1[N+](=O)[O-])N(C)C. The molecular formula is C11H18N4O4S. The summed E-state index contributed by atoms with van der Waals surface area (Å²) in [5.41, 5.74) is 5.16. The van der Waals surface area contributed by atoms with Crippen molar-refractivity contribution in [2.45, 2.75) is 17.9 Å². The molecule has 1 aromatic rings. The first kappa shape index (κ1) is 16.3. The Hall–Kier alpha value is -1.71. The summed E-state index contributed by atoms with van der Waals surface area (Å²) in [6.45, 7) is 1.97. The molecule has 1 aromatic carbocycles. The molecule has 1 rings (SSSR count). The molecule has 0 spiro atoms. The second-order valence-corrected chi connectivity index (χ2v) is 6.38. The molecule has 1 atom stereocenters. The normalized spacial score (nSPS) is 13.4. The molecule has 0 radical (unpaired) electrons. The second kappa shape index (κ2) is 6.16. The molecule has 0 aliphatic carbocycles. The zero-order valence-electron chi connectivity index (χ0n) is 11.5. The monoisotopic (exact) mass is 302 g/mol. The average Bonchev–Trinajstić information content (AvgIpc) is 2.35. The number of anilines is 1. The van der Waals surface area contributed by atoms with Gasteiger partial charge in [0.2, 0.25) is 10.0 Å². The predicted molar refractivity (Wildman–Crippen MR) is 75.8 cm³/mol. The van der Waals surface area contributed by atoms with E-state index in [0.29, 0.717) is 0 Å². The number of nitrogens with zero attached hydrogens (tertiary/aromatic N) is 2. The van der Waals surface area contributed by atoms with Crippen LogP contribution < -0.4 is 10.5 Å². The minimum atomic E-state index is -3.99. The van der Waals surface area contributed by atoms with Gasteiger partial charge in [-0.25, -0.2) is 13.1 Å². The van der Waals surface area contributed by atoms with Crippen molar-refractivity contribution >= 4 is 21.4 Å². The molecule has 0 bridgehead atoms. The van der Waals surface area contributed by atoms with Gasteiger partial charge in [-0.05, 0) is 33.2 Å². The van der Waals surface area contributed by atoms with E-state index in [0.717, 1.165) is 12.1 Å². The number of nitro groups is 1. The molecule has 0 fully saturated rings. The molecule has 0 aliphatic rings. The first-order valence-corrected chi connectivity index (χ1v) is 7.33. The number of sulfonamides is 1. The highest BCUT2D eigenvalue weighted by Crippen LogP contribution is 2.25. The van der Waals surface area contributed by atoms with Crippen molar-refractivity contribution in [2.75, 3.05) is 26.4 Å². The highest BCUT2D eigenvalue weighted by Gasteiger charge is 2.26. The highest BCUT2D eigenvalue weighted by atomic mass is 32.2. The van der Waals surface area contributed by atoms with Crippen LogP contribution in [0.1, 0.15) is 6.92 Å². The van der Waals surface area contributed by atoms with Crippen LogP contribution in [-0.2, 0) is 10.0 Å². The molecule has 1 unspecified atom stereocenters. The topological polar surface area (TPSA) is 119 Å². The number of nitro benzene ring substituents is 1. The van der Waals surface area contributed by atoms with Crippen LogP contribution in [0.4, 0.5) is 11.4 Å². The van der Waals surface area contributed by atoms with E-state index >= 15 is 0 Å². The van der Waals surface area contributed by atoms with Crippen molar-refractivity contribution in [1.29, 1.82) is 0 Å². The summed E-state index contributed by atoms with van der Waals surface area (Å²) in [5, 5.41) is 10.9. The lowest BCUT2D eigenvalue weighted by Gasteiger charge is -2.20. The fourth-order valence-electron chi connectivity index (χ4n) is 1.39. The van der Waals surface area contributed by atoms with Crippen LogP contribution in [0.25, 0.3) is 0 Å². The Morgan fingerprint density at radius 2 is 2.05 bits per heavy atom. The third kappa shape index (κ3) is 3.89. The van der Waals surface area contributed by atoms with Crippen LogP contribution in [0.5, 0.6) is 0 Å². The van der Waals surface area contributed by atoms with Gasteiger partial charge in [0.05, 0.1) is 4.92 Å². The van der Waals surface area contributed by atoms with Crippen LogP contribution in [-0.4, -0.2) is 44.9 Å². The van der Waals surface area contributed by atoms with Crippen LogP contribution in [0.15, 0.2) is 23.1 Å². The Kier molecular flexibility index (Phi) is 5.03. The molecular weight excluding hydrogens is 284 g/mol. The number of benzene rings is 1. The van der Waals surface area contributed by atoms with E-state index in [1.54, 1.807) is 0 Å². The number of hydrogen-bond acceptors (Lipinski definition) is 6. The summed E-state index contributed by atoms with van der Waals surface area (Å²) >= 11 is 0. The summed E-state index contributed by atoms with van der Waals surface area (Å²) in [6, 6.07) is 3.41. The molecule has 20 heavy (non-hydrogen) atoms. The Bertz CT molecular complexity index is 600. The average molecular weight is 302 g/mol. The fraction of sp³-hybridized carbons (Fsp3) is 0.455. The zero-order chi connectivity index (χ0) is 15.5. The molecule has 0 saturated heterocycles. The van der Waals surface area contributed by atoms with Crippen LogP contribution in [0, 0.1) is 10.1 Å². The number of hydrogen-bond donors (Lipinski definition) is 2. The summed E-state index contributed by atoms with van der Waals surface area (Å²) in [5.74, 6) is 0. The van der Waals surface area contributed by atoms with Crippen molar-refractivity contribution in [3.63, 3.8) is 0 Å². The van der Waals surface area contributed by atoms with E-state index in [1.807, 2.05) is 25.9 Å². The van der Waals surface area contributed by atoms with E-state index in [9.17, 15) is 18.5 Å². The summed E-state index contributed by atoms with van der Waals surface area (Å²) in [4.78, 5) is 11.6. The maximum Gasteiger partial charge on any atom is 0.289 e. The Morgan fingerprint density at radius 1 is 1.45 bits per heavy atom. The standard InChI is InChI=1S/C11H18N4O4S/c1-8(14(2)3)7-13-20(18,19)11-6-9(12)4-5-10(11)15(16)17/h4-6,8,13H,7,12H2,1-3H3. The van der Waals surface area contributed by atoms with Crippen molar-refractivity contribution in [1.82, 2.24) is 9.62 Å². The number of nitrogen functional groups attached to an aromatic ring is 1. The largest absolute Gasteiger partial charge is 0.399 e. The Balaban J connectivity index is 3.09. The van der Waals surface area contributed by atoms with Gasteiger partial charge in [-0.15, -0.1) is 0 Å². The summed E-state index contributed by atoms with van der Waals surface area (Å²) in [7, 11) is -0.370. The number of nitrogens with two attached hydrogens (primary N) is 1. The molecule has 0 saturated carbocycles. The van der Waals surface area contributed by atoms with E-state index in [1.165, 1.54) is 6.07 Å². The molecule has 112 valence electrons. The van der Waals surface area contributed by atoms with Gasteiger partial charge in [0.25, 0.3) is 5.69 Å². The van der Waals surface area contributed by atoms with Gasteiger partial charge in [0.15, 0.2) is 4.90 Å². The lowest BCUT2D eigenvalue weighted by atomic mass is 10.3. The van der Waals surface area contributed by atoms with Crippen molar-refractivity contribution in [2.24, 2.45) is 0 Å². The number of rotatable bonds is 6. The molecule has 0 amide bonds. The number of nitrogens with one attached hydrogen (secondary N) is 1. The minimum absolute atomic E-state index is 0.0510. The van der Waals surface area contributed by atoms with E-state index in [2.05, 4.69) is 4.72 Å². The zero-order valence-corrected chi connectivity index (χ0v) is 12.3. The van der Waals surface area contributed by atoms with E-state index < -0.39 is 25.5 Å². The van der Waals surface area contributed by atoms with Crippen molar-refractivity contribution in [3.05, 3.63) is 28.3 Å². The first-order valence-electron chi connectivity index (χ1n) is 5.85. The molecule has 3 N–H and O–H groups in total. The van der Waals surface area contributed by atoms with Gasteiger partial charge >= 0.3 is 0 Å². The molecule has 0 aliphatic heterocycles. The van der Waals surface area contributed by atoms with E-state index in [4.69, 9.17) is 5.73 Å². The lowest BCUT2D eigenvalue weighted by Crippen LogP contribution is -2.38. The maximum absolute atomic E-state index is 12.1. The third-order valence-corrected chi connectivity index (χ3v) is 4.37. The highest BCUT2D eigenvalue weighted by molar-refractivity contribution is 7.89. The van der Waals surface area contributed by atoms with Gasteiger partial charge in [-0.2, -0.15) is 0 Å². The van der Waals surface area contributed by atoms with Gasteiger partial charge in [-0.1, -0.05) is 0 Å². The lowest BCUT2D eigenvalue weighted by molar-refractivity contribution is -0.387. The quantitative estimate of drug-likeness (QED) is 0.446. The molecule has 0 aromatic heterocycles. The van der Waals surface area contributed by atoms with Gasteiger partial charge in [0, 0.05) is 24.3 Å². The van der Waals surface area contributed by atoms with Crippen molar-refractivity contribution < 1.29 is 13.3 Å². The van der Waals surface area contributed by atoms with Gasteiger partial charge < -0.3 is 10.6 Å². The minimum Gasteiger partial charge on any atom is -0.399 e. The van der Waals surface area contributed by atoms with Crippen molar-refractivity contribution in [3.8, 4) is 0 Å². The molecule has 0 heterocycles. The predicted octanol–water partition coefficient (Wildman–Crippen LogP) is 0.405. The van der Waals surface area contributed by atoms with Gasteiger partial charge in [0.1, 0.15) is 0 Å².